The first-order chi connectivity index (χ1) is 9.11. The highest BCUT2D eigenvalue weighted by molar-refractivity contribution is 6.30. The summed E-state index contributed by atoms with van der Waals surface area (Å²) in [5, 5.41) is 4.03. The van der Waals surface area contributed by atoms with Crippen LogP contribution >= 0.6 is 11.6 Å². The number of hydrogen-bond acceptors (Lipinski definition) is 2. The van der Waals surface area contributed by atoms with Crippen LogP contribution in [0, 0.1) is 5.92 Å². The molecule has 0 aromatic heterocycles. The Balaban J connectivity index is 1.99. The first-order valence-electron chi connectivity index (χ1n) is 6.84. The van der Waals surface area contributed by atoms with Crippen molar-refractivity contribution in [2.24, 2.45) is 5.92 Å². The summed E-state index contributed by atoms with van der Waals surface area (Å²) in [7, 11) is 1.86. The second-order valence-electron chi connectivity index (χ2n) is 5.21. The molecule has 1 aliphatic heterocycles. The molecule has 0 spiro atoms. The van der Waals surface area contributed by atoms with E-state index in [-0.39, 0.29) is 11.9 Å². The van der Waals surface area contributed by atoms with E-state index in [0.717, 1.165) is 24.9 Å². The van der Waals surface area contributed by atoms with Crippen molar-refractivity contribution in [3.05, 3.63) is 34.9 Å². The molecule has 1 fully saturated rings. The van der Waals surface area contributed by atoms with Gasteiger partial charge in [0.2, 0.25) is 5.91 Å². The molecule has 1 amide bonds. The number of halogens is 1. The van der Waals surface area contributed by atoms with Crippen molar-refractivity contribution in [2.45, 2.75) is 32.4 Å². The maximum atomic E-state index is 12.4. The average molecular weight is 281 g/mol. The maximum Gasteiger partial charge on any atom is 0.240 e. The van der Waals surface area contributed by atoms with E-state index < -0.39 is 0 Å². The zero-order chi connectivity index (χ0) is 13.8. The Bertz CT molecular complexity index is 450. The van der Waals surface area contributed by atoms with E-state index in [1.165, 1.54) is 0 Å². The van der Waals surface area contributed by atoms with Gasteiger partial charge in [-0.3, -0.25) is 4.79 Å². The van der Waals surface area contributed by atoms with Crippen LogP contribution in [0.3, 0.4) is 0 Å². The Morgan fingerprint density at radius 1 is 1.53 bits per heavy atom. The third-order valence-electron chi connectivity index (χ3n) is 3.83. The monoisotopic (exact) mass is 280 g/mol. The predicted molar refractivity (Wildman–Crippen MR) is 78.1 cm³/mol. The minimum atomic E-state index is -0.0193. The lowest BCUT2D eigenvalue weighted by Gasteiger charge is -2.24. The van der Waals surface area contributed by atoms with Crippen molar-refractivity contribution in [3.8, 4) is 0 Å². The van der Waals surface area contributed by atoms with Crippen LogP contribution in [-0.2, 0) is 11.3 Å². The zero-order valence-corrected chi connectivity index (χ0v) is 12.3. The molecular weight excluding hydrogens is 260 g/mol. The van der Waals surface area contributed by atoms with Gasteiger partial charge in [-0.25, -0.2) is 0 Å². The molecule has 1 saturated heterocycles. The highest BCUT2D eigenvalue weighted by atomic mass is 35.5. The Morgan fingerprint density at radius 2 is 2.32 bits per heavy atom. The SMILES string of the molecule is CC[C@H]1CCN[C@@H]1C(=O)N(C)Cc1cccc(Cl)c1. The fraction of sp³-hybridized carbons (Fsp3) is 0.533. The minimum absolute atomic E-state index is 0.0193. The van der Waals surface area contributed by atoms with E-state index >= 15 is 0 Å². The van der Waals surface area contributed by atoms with Crippen LogP contribution in [0.25, 0.3) is 0 Å². The van der Waals surface area contributed by atoms with Gasteiger partial charge in [0.25, 0.3) is 0 Å². The molecule has 19 heavy (non-hydrogen) atoms. The number of carbonyl (C=O) groups excluding carboxylic acids is 1. The van der Waals surface area contributed by atoms with Gasteiger partial charge in [0.05, 0.1) is 6.04 Å². The lowest BCUT2D eigenvalue weighted by atomic mass is 9.97. The van der Waals surface area contributed by atoms with Crippen LogP contribution < -0.4 is 5.32 Å². The molecule has 1 aromatic carbocycles. The number of amides is 1. The van der Waals surface area contributed by atoms with Gasteiger partial charge in [-0.15, -0.1) is 0 Å². The van der Waals surface area contributed by atoms with Crippen molar-refractivity contribution in [1.82, 2.24) is 10.2 Å². The number of hydrogen-bond donors (Lipinski definition) is 1. The summed E-state index contributed by atoms with van der Waals surface area (Å²) in [6.07, 6.45) is 2.15. The van der Waals surface area contributed by atoms with Gasteiger partial charge in [0.1, 0.15) is 0 Å². The quantitative estimate of drug-likeness (QED) is 0.920. The lowest BCUT2D eigenvalue weighted by Crippen LogP contribution is -2.44. The molecule has 1 heterocycles. The Hall–Kier alpha value is -1.06. The first-order valence-corrected chi connectivity index (χ1v) is 7.22. The number of nitrogens with one attached hydrogen (secondary N) is 1. The zero-order valence-electron chi connectivity index (χ0n) is 11.5. The average Bonchev–Trinajstić information content (AvgIpc) is 2.86. The van der Waals surface area contributed by atoms with Crippen LogP contribution in [0.4, 0.5) is 0 Å². The normalized spacial score (nSPS) is 22.5. The molecule has 4 heteroatoms. The van der Waals surface area contributed by atoms with Crippen molar-refractivity contribution in [3.63, 3.8) is 0 Å². The van der Waals surface area contributed by atoms with Gasteiger partial charge in [-0.2, -0.15) is 0 Å². The number of likely N-dealkylation sites (N-methyl/N-ethyl adjacent to an activating group) is 1. The largest absolute Gasteiger partial charge is 0.340 e. The van der Waals surface area contributed by atoms with Crippen molar-refractivity contribution in [2.75, 3.05) is 13.6 Å². The molecule has 104 valence electrons. The number of nitrogens with zero attached hydrogens (tertiary/aromatic N) is 1. The maximum absolute atomic E-state index is 12.4. The third-order valence-corrected chi connectivity index (χ3v) is 4.06. The summed E-state index contributed by atoms with van der Waals surface area (Å²) in [6.45, 7) is 3.70. The van der Waals surface area contributed by atoms with Crippen molar-refractivity contribution < 1.29 is 4.79 Å². The van der Waals surface area contributed by atoms with E-state index in [2.05, 4.69) is 12.2 Å². The van der Waals surface area contributed by atoms with Crippen LogP contribution in [0.2, 0.25) is 5.02 Å². The van der Waals surface area contributed by atoms with Crippen LogP contribution in [-0.4, -0.2) is 30.4 Å². The summed E-state index contributed by atoms with van der Waals surface area (Å²) in [5.74, 6) is 0.652. The first kappa shape index (κ1) is 14.4. The molecule has 1 N–H and O–H groups in total. The summed E-state index contributed by atoms with van der Waals surface area (Å²) in [4.78, 5) is 14.2. The summed E-state index contributed by atoms with van der Waals surface area (Å²) in [6, 6.07) is 7.64. The van der Waals surface area contributed by atoms with E-state index in [4.69, 9.17) is 11.6 Å². The number of benzene rings is 1. The van der Waals surface area contributed by atoms with Crippen LogP contribution in [0.5, 0.6) is 0 Å². The molecule has 0 aliphatic carbocycles. The van der Waals surface area contributed by atoms with E-state index in [0.29, 0.717) is 17.5 Å². The van der Waals surface area contributed by atoms with Gasteiger partial charge in [0, 0.05) is 18.6 Å². The number of rotatable bonds is 4. The smallest absolute Gasteiger partial charge is 0.240 e. The molecular formula is C15H21ClN2O. The molecule has 0 bridgehead atoms. The molecule has 2 rings (SSSR count). The summed E-state index contributed by atoms with van der Waals surface area (Å²) in [5.41, 5.74) is 1.06. The van der Waals surface area contributed by atoms with Crippen LogP contribution in [0.1, 0.15) is 25.3 Å². The van der Waals surface area contributed by atoms with E-state index in [1.54, 1.807) is 4.90 Å². The molecule has 1 aromatic rings. The van der Waals surface area contributed by atoms with E-state index in [9.17, 15) is 4.79 Å². The number of carbonyl (C=O) groups is 1. The molecule has 0 saturated carbocycles. The van der Waals surface area contributed by atoms with Crippen LogP contribution in [0.15, 0.2) is 24.3 Å². The van der Waals surface area contributed by atoms with Gasteiger partial charge < -0.3 is 10.2 Å². The highest BCUT2D eigenvalue weighted by Gasteiger charge is 2.32. The molecule has 0 unspecified atom stereocenters. The third kappa shape index (κ3) is 3.48. The van der Waals surface area contributed by atoms with Gasteiger partial charge in [0.15, 0.2) is 0 Å². The molecule has 1 aliphatic rings. The Labute approximate surface area is 119 Å². The molecule has 2 atom stereocenters. The minimum Gasteiger partial charge on any atom is -0.340 e. The Morgan fingerprint density at radius 3 is 3.00 bits per heavy atom. The fourth-order valence-corrected chi connectivity index (χ4v) is 2.92. The predicted octanol–water partition coefficient (Wildman–Crippen LogP) is 2.69. The summed E-state index contributed by atoms with van der Waals surface area (Å²) < 4.78 is 0. The standard InChI is InChI=1S/C15H21ClN2O/c1-3-12-7-8-17-14(12)15(19)18(2)10-11-5-4-6-13(16)9-11/h4-6,9,12,14,17H,3,7-8,10H2,1-2H3/t12-,14-/m0/s1. The van der Waals surface area contributed by atoms with E-state index in [1.807, 2.05) is 31.3 Å². The Kier molecular flexibility index (Phi) is 4.83. The lowest BCUT2D eigenvalue weighted by molar-refractivity contribution is -0.133. The van der Waals surface area contributed by atoms with Crippen molar-refractivity contribution >= 4 is 17.5 Å². The summed E-state index contributed by atoms with van der Waals surface area (Å²) >= 11 is 5.96. The molecule has 0 radical (unpaired) electrons. The fourth-order valence-electron chi connectivity index (χ4n) is 2.71. The van der Waals surface area contributed by atoms with Gasteiger partial charge in [-0.05, 0) is 36.6 Å². The molecule has 3 nitrogen and oxygen atoms in total. The topological polar surface area (TPSA) is 32.3 Å². The highest BCUT2D eigenvalue weighted by Crippen LogP contribution is 2.21. The van der Waals surface area contributed by atoms with Gasteiger partial charge >= 0.3 is 0 Å². The van der Waals surface area contributed by atoms with Crippen molar-refractivity contribution in [1.29, 1.82) is 0 Å². The second kappa shape index (κ2) is 6.40. The second-order valence-corrected chi connectivity index (χ2v) is 5.65. The van der Waals surface area contributed by atoms with Gasteiger partial charge in [-0.1, -0.05) is 37.1 Å².